The van der Waals surface area contributed by atoms with Crippen LogP contribution in [0.25, 0.3) is 0 Å². The number of anilines is 1. The van der Waals surface area contributed by atoms with Crippen LogP contribution in [0, 0.1) is 20.2 Å². The molecule has 2 aromatic rings. The number of nitro benzene ring substituents is 1. The van der Waals surface area contributed by atoms with Crippen LogP contribution in [0.3, 0.4) is 0 Å². The van der Waals surface area contributed by atoms with Crippen LogP contribution in [0.5, 0.6) is 0 Å². The predicted molar refractivity (Wildman–Crippen MR) is 71.8 cm³/mol. The summed E-state index contributed by atoms with van der Waals surface area (Å²) in [4.78, 5) is 34.9. The summed E-state index contributed by atoms with van der Waals surface area (Å²) in [6.45, 7) is -0.0320. The van der Waals surface area contributed by atoms with Gasteiger partial charge in [0.05, 0.1) is 22.6 Å². The second-order valence-electron chi connectivity index (χ2n) is 4.13. The molecule has 0 unspecified atom stereocenters. The molecule has 21 heavy (non-hydrogen) atoms. The van der Waals surface area contributed by atoms with Gasteiger partial charge in [0.2, 0.25) is 0 Å². The molecule has 0 aliphatic rings. The summed E-state index contributed by atoms with van der Waals surface area (Å²) in [5.41, 5.74) is 4.73. The Hall–Kier alpha value is -3.30. The van der Waals surface area contributed by atoms with E-state index in [9.17, 15) is 25.0 Å². The minimum Gasteiger partial charge on any atom is -0.393 e. The molecule has 0 saturated heterocycles. The van der Waals surface area contributed by atoms with Gasteiger partial charge in [-0.25, -0.2) is 4.79 Å². The van der Waals surface area contributed by atoms with Gasteiger partial charge in [-0.15, -0.1) is 0 Å². The maximum atomic E-state index is 11.5. The van der Waals surface area contributed by atoms with Crippen molar-refractivity contribution in [2.45, 2.75) is 6.54 Å². The Morgan fingerprint density at radius 2 is 1.95 bits per heavy atom. The molecule has 2 rings (SSSR count). The van der Waals surface area contributed by atoms with Crippen LogP contribution in [0.4, 0.5) is 17.1 Å². The highest BCUT2D eigenvalue weighted by Crippen LogP contribution is 2.22. The van der Waals surface area contributed by atoms with Gasteiger partial charge in [0.1, 0.15) is 11.9 Å². The summed E-state index contributed by atoms with van der Waals surface area (Å²) < 4.78 is 1.03. The van der Waals surface area contributed by atoms with Crippen molar-refractivity contribution in [3.05, 3.63) is 66.9 Å². The first-order valence-electron chi connectivity index (χ1n) is 5.62. The number of nitrogens with zero attached hydrogens (tertiary/aromatic N) is 4. The van der Waals surface area contributed by atoms with Crippen molar-refractivity contribution in [2.75, 3.05) is 5.73 Å². The molecule has 10 heteroatoms. The minimum atomic E-state index is -0.673. The zero-order chi connectivity index (χ0) is 15.6. The quantitative estimate of drug-likeness (QED) is 0.495. The van der Waals surface area contributed by atoms with Gasteiger partial charge in [0.15, 0.2) is 0 Å². The monoisotopic (exact) mass is 291 g/mol. The van der Waals surface area contributed by atoms with E-state index in [1.807, 2.05) is 0 Å². The van der Waals surface area contributed by atoms with Crippen LogP contribution < -0.4 is 11.4 Å². The minimum absolute atomic E-state index is 0.0320. The third kappa shape index (κ3) is 3.00. The molecule has 0 aliphatic heterocycles. The third-order valence-electron chi connectivity index (χ3n) is 2.69. The van der Waals surface area contributed by atoms with E-state index in [1.54, 1.807) is 0 Å². The molecule has 0 aliphatic carbocycles. The zero-order valence-electron chi connectivity index (χ0n) is 10.5. The summed E-state index contributed by atoms with van der Waals surface area (Å²) in [6.07, 6.45) is 1.91. The van der Waals surface area contributed by atoms with Gasteiger partial charge in [-0.1, -0.05) is 6.07 Å². The van der Waals surface area contributed by atoms with E-state index in [2.05, 4.69) is 4.98 Å². The van der Waals surface area contributed by atoms with E-state index < -0.39 is 15.5 Å². The molecule has 2 N–H and O–H groups in total. The molecular weight excluding hydrogens is 282 g/mol. The summed E-state index contributed by atoms with van der Waals surface area (Å²) in [5, 5.41) is 21.3. The van der Waals surface area contributed by atoms with Gasteiger partial charge < -0.3 is 5.73 Å². The largest absolute Gasteiger partial charge is 0.393 e. The average molecular weight is 291 g/mol. The van der Waals surface area contributed by atoms with Crippen molar-refractivity contribution in [3.8, 4) is 0 Å². The number of hydrogen-bond acceptors (Lipinski definition) is 7. The number of hydrogen-bond donors (Lipinski definition) is 1. The fourth-order valence-electron chi connectivity index (χ4n) is 1.72. The van der Waals surface area contributed by atoms with Crippen LogP contribution in [-0.4, -0.2) is 19.4 Å². The van der Waals surface area contributed by atoms with Gasteiger partial charge in [-0.3, -0.25) is 24.8 Å². The summed E-state index contributed by atoms with van der Waals surface area (Å²) in [7, 11) is 0. The van der Waals surface area contributed by atoms with Gasteiger partial charge in [0.25, 0.3) is 5.69 Å². The lowest BCUT2D eigenvalue weighted by Crippen LogP contribution is -2.23. The first kappa shape index (κ1) is 14.1. The van der Waals surface area contributed by atoms with Crippen molar-refractivity contribution in [1.82, 2.24) is 9.55 Å². The SMILES string of the molecule is Nc1cc(Cn2cc([N+](=O)[O-])cnc2=O)ccc1[N+](=O)[O-]. The number of nitro groups is 2. The molecular formula is C11H9N5O5. The van der Waals surface area contributed by atoms with E-state index >= 15 is 0 Å². The molecule has 1 aromatic carbocycles. The van der Waals surface area contributed by atoms with E-state index in [0.717, 1.165) is 17.0 Å². The van der Waals surface area contributed by atoms with Crippen molar-refractivity contribution < 1.29 is 9.85 Å². The van der Waals surface area contributed by atoms with Gasteiger partial charge >= 0.3 is 11.4 Å². The Morgan fingerprint density at radius 1 is 1.24 bits per heavy atom. The average Bonchev–Trinajstić information content (AvgIpc) is 2.40. The number of benzene rings is 1. The Balaban J connectivity index is 2.36. The normalized spacial score (nSPS) is 10.3. The molecule has 0 atom stereocenters. The number of nitrogen functional groups attached to an aromatic ring is 1. The van der Waals surface area contributed by atoms with Crippen LogP contribution >= 0.6 is 0 Å². The van der Waals surface area contributed by atoms with Crippen molar-refractivity contribution in [2.24, 2.45) is 0 Å². The lowest BCUT2D eigenvalue weighted by molar-refractivity contribution is -0.385. The number of nitrogens with two attached hydrogens (primary N) is 1. The summed E-state index contributed by atoms with van der Waals surface area (Å²) >= 11 is 0. The molecule has 0 amide bonds. The van der Waals surface area contributed by atoms with Crippen LogP contribution in [0.15, 0.2) is 35.4 Å². The lowest BCUT2D eigenvalue weighted by atomic mass is 10.1. The van der Waals surface area contributed by atoms with Crippen LogP contribution in [-0.2, 0) is 6.54 Å². The Bertz CT molecular complexity index is 785. The summed E-state index contributed by atoms with van der Waals surface area (Å²) in [6, 6.07) is 3.96. The highest BCUT2D eigenvalue weighted by atomic mass is 16.6. The van der Waals surface area contributed by atoms with Crippen LogP contribution in [0.2, 0.25) is 0 Å². The Morgan fingerprint density at radius 3 is 2.52 bits per heavy atom. The van der Waals surface area contributed by atoms with Crippen molar-refractivity contribution in [3.63, 3.8) is 0 Å². The van der Waals surface area contributed by atoms with Crippen molar-refractivity contribution >= 4 is 17.1 Å². The molecule has 108 valence electrons. The third-order valence-corrected chi connectivity index (χ3v) is 2.69. The second kappa shape index (κ2) is 5.36. The number of aromatic nitrogens is 2. The smallest absolute Gasteiger partial charge is 0.348 e. The second-order valence-corrected chi connectivity index (χ2v) is 4.13. The first-order chi connectivity index (χ1) is 9.88. The van der Waals surface area contributed by atoms with E-state index in [4.69, 9.17) is 5.73 Å². The van der Waals surface area contributed by atoms with Gasteiger partial charge in [0, 0.05) is 6.07 Å². The van der Waals surface area contributed by atoms with E-state index in [-0.39, 0.29) is 23.6 Å². The van der Waals surface area contributed by atoms with Crippen LogP contribution in [0.1, 0.15) is 5.56 Å². The molecule has 1 aromatic heterocycles. The fraction of sp³-hybridized carbons (Fsp3) is 0.0909. The Labute approximate surface area is 116 Å². The Kier molecular flexibility index (Phi) is 3.61. The molecule has 10 nitrogen and oxygen atoms in total. The highest BCUT2D eigenvalue weighted by Gasteiger charge is 2.13. The van der Waals surface area contributed by atoms with Gasteiger partial charge in [-0.2, -0.15) is 4.98 Å². The maximum Gasteiger partial charge on any atom is 0.348 e. The molecule has 0 radical (unpaired) electrons. The topological polar surface area (TPSA) is 147 Å². The molecule has 0 fully saturated rings. The van der Waals surface area contributed by atoms with E-state index in [0.29, 0.717) is 5.56 Å². The standard InChI is InChI=1S/C11H9N5O5/c12-9-3-7(1-2-10(9)16(20)21)5-14-6-8(15(18)19)4-13-11(14)17/h1-4,6H,5,12H2. The van der Waals surface area contributed by atoms with Crippen molar-refractivity contribution in [1.29, 1.82) is 0 Å². The van der Waals surface area contributed by atoms with E-state index in [1.165, 1.54) is 18.2 Å². The predicted octanol–water partition coefficient (Wildman–Crippen LogP) is 0.690. The van der Waals surface area contributed by atoms with Gasteiger partial charge in [-0.05, 0) is 11.6 Å². The first-order valence-corrected chi connectivity index (χ1v) is 5.62. The highest BCUT2D eigenvalue weighted by molar-refractivity contribution is 5.59. The zero-order valence-corrected chi connectivity index (χ0v) is 10.5. The fourth-order valence-corrected chi connectivity index (χ4v) is 1.72. The summed E-state index contributed by atoms with van der Waals surface area (Å²) in [5.74, 6) is 0. The molecule has 1 heterocycles. The number of rotatable bonds is 4. The molecule has 0 saturated carbocycles. The lowest BCUT2D eigenvalue weighted by Gasteiger charge is -2.06. The molecule has 0 spiro atoms. The maximum absolute atomic E-state index is 11.5. The molecule has 0 bridgehead atoms.